The lowest BCUT2D eigenvalue weighted by atomic mass is 10.4. The Hall–Kier alpha value is -1.41. The summed E-state index contributed by atoms with van der Waals surface area (Å²) in [7, 11) is 0. The Balaban J connectivity index is 1.93. The van der Waals surface area contributed by atoms with Gasteiger partial charge in [-0.1, -0.05) is 11.8 Å². The Morgan fingerprint density at radius 3 is 3.00 bits per heavy atom. The highest BCUT2D eigenvalue weighted by molar-refractivity contribution is 8.00. The maximum atomic E-state index is 11.8. The van der Waals surface area contributed by atoms with Crippen LogP contribution in [0.25, 0.3) is 11.5 Å². The Bertz CT molecular complexity index is 526. The van der Waals surface area contributed by atoms with E-state index in [1.165, 1.54) is 23.3 Å². The number of halogens is 2. The number of hydrogen-bond donors (Lipinski definition) is 0. The maximum absolute atomic E-state index is 11.8. The van der Waals surface area contributed by atoms with Crippen molar-refractivity contribution in [2.24, 2.45) is 0 Å². The number of allylic oxidation sites excluding steroid dienone is 1. The van der Waals surface area contributed by atoms with Crippen molar-refractivity contribution in [3.63, 3.8) is 0 Å². The van der Waals surface area contributed by atoms with Gasteiger partial charge in [-0.3, -0.25) is 4.98 Å². The average Bonchev–Trinajstić information content (AvgIpc) is 2.84. The summed E-state index contributed by atoms with van der Waals surface area (Å²) >= 11 is 2.63. The lowest BCUT2D eigenvalue weighted by molar-refractivity contribution is 0.418. The summed E-state index contributed by atoms with van der Waals surface area (Å²) in [4.78, 5) is 12.3. The molecule has 18 heavy (non-hydrogen) atoms. The van der Waals surface area contributed by atoms with Gasteiger partial charge in [0.15, 0.2) is 10.2 Å². The monoisotopic (exact) mass is 286 g/mol. The van der Waals surface area contributed by atoms with Crippen LogP contribution >= 0.6 is 23.3 Å². The molecule has 0 atom stereocenters. The third-order valence-electron chi connectivity index (χ3n) is 1.84. The van der Waals surface area contributed by atoms with Crippen LogP contribution in [-0.4, -0.2) is 25.1 Å². The number of nitrogens with zero attached hydrogens (tertiary/aromatic N) is 4. The van der Waals surface area contributed by atoms with E-state index in [2.05, 4.69) is 19.3 Å². The van der Waals surface area contributed by atoms with Crippen LogP contribution in [-0.2, 0) is 0 Å². The van der Waals surface area contributed by atoms with Gasteiger partial charge in [0.05, 0.1) is 6.20 Å². The number of thioether (sulfide) groups is 1. The van der Waals surface area contributed by atoms with E-state index in [1.54, 1.807) is 18.6 Å². The zero-order valence-electron chi connectivity index (χ0n) is 9.08. The molecular formula is C10H8F2N4S2. The summed E-state index contributed by atoms with van der Waals surface area (Å²) in [5.41, 5.74) is 0.607. The Labute approximate surface area is 110 Å². The van der Waals surface area contributed by atoms with Crippen LogP contribution in [0, 0.1) is 0 Å². The Morgan fingerprint density at radius 1 is 1.39 bits per heavy atom. The topological polar surface area (TPSA) is 51.6 Å². The van der Waals surface area contributed by atoms with Crippen molar-refractivity contribution in [1.29, 1.82) is 0 Å². The summed E-state index contributed by atoms with van der Waals surface area (Å²) in [5, 5.41) is 0. The van der Waals surface area contributed by atoms with Gasteiger partial charge in [-0.2, -0.15) is 13.2 Å². The van der Waals surface area contributed by atoms with Crippen LogP contribution in [0.3, 0.4) is 0 Å². The van der Waals surface area contributed by atoms with Gasteiger partial charge in [0.2, 0.25) is 0 Å². The number of aromatic nitrogens is 4. The van der Waals surface area contributed by atoms with E-state index >= 15 is 0 Å². The fraction of sp³-hybridized carbons (Fsp3) is 0.200. The molecule has 0 saturated carbocycles. The second-order valence-electron chi connectivity index (χ2n) is 3.11. The zero-order valence-corrected chi connectivity index (χ0v) is 10.7. The van der Waals surface area contributed by atoms with Gasteiger partial charge >= 0.3 is 0 Å². The van der Waals surface area contributed by atoms with E-state index in [9.17, 15) is 8.78 Å². The largest absolute Gasteiger partial charge is 0.266 e. The van der Waals surface area contributed by atoms with E-state index in [0.29, 0.717) is 23.7 Å². The molecule has 0 unspecified atom stereocenters. The first kappa shape index (κ1) is 13.0. The zero-order chi connectivity index (χ0) is 12.8. The van der Waals surface area contributed by atoms with E-state index in [4.69, 9.17) is 0 Å². The number of hydrogen-bond acceptors (Lipinski definition) is 6. The summed E-state index contributed by atoms with van der Waals surface area (Å²) in [6.45, 7) is 0. The van der Waals surface area contributed by atoms with E-state index in [0.717, 1.165) is 10.4 Å². The minimum atomic E-state index is -1.65. The lowest BCUT2D eigenvalue weighted by Crippen LogP contribution is -1.86. The Morgan fingerprint density at radius 2 is 2.28 bits per heavy atom. The summed E-state index contributed by atoms with van der Waals surface area (Å²) in [5.74, 6) is 1.06. The molecule has 0 spiro atoms. The molecule has 2 heterocycles. The molecule has 0 aliphatic carbocycles. The van der Waals surface area contributed by atoms with Crippen molar-refractivity contribution >= 4 is 23.3 Å². The predicted molar refractivity (Wildman–Crippen MR) is 66.6 cm³/mol. The third-order valence-corrected chi connectivity index (χ3v) is 3.71. The predicted octanol–water partition coefficient (Wildman–Crippen LogP) is 3.26. The molecule has 0 radical (unpaired) electrons. The maximum Gasteiger partial charge on any atom is 0.266 e. The quantitative estimate of drug-likeness (QED) is 0.624. The molecule has 4 nitrogen and oxygen atoms in total. The highest BCUT2D eigenvalue weighted by Crippen LogP contribution is 2.24. The summed E-state index contributed by atoms with van der Waals surface area (Å²) < 4.78 is 28.5. The second kappa shape index (κ2) is 6.50. The van der Waals surface area contributed by atoms with Crippen molar-refractivity contribution in [3.8, 4) is 11.5 Å². The van der Waals surface area contributed by atoms with Gasteiger partial charge in [0.1, 0.15) is 5.69 Å². The van der Waals surface area contributed by atoms with Crippen LogP contribution in [0.4, 0.5) is 8.78 Å². The molecule has 2 aromatic rings. The van der Waals surface area contributed by atoms with Crippen LogP contribution in [0.1, 0.15) is 6.42 Å². The first-order valence-electron chi connectivity index (χ1n) is 5.00. The fourth-order valence-electron chi connectivity index (χ4n) is 1.10. The molecule has 0 aromatic carbocycles. The van der Waals surface area contributed by atoms with E-state index < -0.39 is 6.08 Å². The van der Waals surface area contributed by atoms with Crippen molar-refractivity contribution in [3.05, 3.63) is 30.7 Å². The highest BCUT2D eigenvalue weighted by atomic mass is 32.2. The van der Waals surface area contributed by atoms with Crippen molar-refractivity contribution in [2.45, 2.75) is 10.8 Å². The van der Waals surface area contributed by atoms with Gasteiger partial charge in [0.25, 0.3) is 6.08 Å². The molecule has 0 aliphatic heterocycles. The van der Waals surface area contributed by atoms with Gasteiger partial charge in [-0.05, 0) is 24.0 Å². The molecule has 0 fully saturated rings. The standard InChI is InChI=1S/C10H8F2N4S2/c11-8(12)2-1-5-17-10-15-9(16-18-10)7-6-13-3-4-14-7/h2-4,6H,1,5H2. The Kier molecular flexibility index (Phi) is 4.71. The molecule has 8 heteroatoms. The molecule has 0 N–H and O–H groups in total. The molecule has 94 valence electrons. The number of rotatable bonds is 5. The van der Waals surface area contributed by atoms with E-state index in [1.807, 2.05) is 0 Å². The van der Waals surface area contributed by atoms with Gasteiger partial charge in [0, 0.05) is 18.1 Å². The molecule has 0 saturated heterocycles. The minimum Gasteiger partial charge on any atom is -0.261 e. The van der Waals surface area contributed by atoms with Gasteiger partial charge in [-0.25, -0.2) is 9.97 Å². The first-order valence-corrected chi connectivity index (χ1v) is 6.75. The molecule has 2 rings (SSSR count). The molecule has 0 aliphatic rings. The molecule has 0 bridgehead atoms. The van der Waals surface area contributed by atoms with Crippen LogP contribution < -0.4 is 0 Å². The first-order chi connectivity index (χ1) is 8.75. The fourth-order valence-corrected chi connectivity index (χ4v) is 2.66. The molecule has 2 aromatic heterocycles. The van der Waals surface area contributed by atoms with Gasteiger partial charge < -0.3 is 0 Å². The smallest absolute Gasteiger partial charge is 0.261 e. The van der Waals surface area contributed by atoms with Gasteiger partial charge in [-0.15, -0.1) is 0 Å². The summed E-state index contributed by atoms with van der Waals surface area (Å²) in [6, 6.07) is 0. The third kappa shape index (κ3) is 3.81. The second-order valence-corrected chi connectivity index (χ2v) is 5.20. The average molecular weight is 286 g/mol. The minimum absolute atomic E-state index is 0.313. The summed E-state index contributed by atoms with van der Waals surface area (Å²) in [6.07, 6.45) is 4.29. The van der Waals surface area contributed by atoms with Crippen LogP contribution in [0.2, 0.25) is 0 Å². The SMILES string of the molecule is FC(F)=CCCSc1nc(-c2cnccn2)ns1. The van der Waals surface area contributed by atoms with Crippen LogP contribution in [0.15, 0.2) is 35.1 Å². The molecular weight excluding hydrogens is 278 g/mol. The highest BCUT2D eigenvalue weighted by Gasteiger charge is 2.07. The van der Waals surface area contributed by atoms with Crippen LogP contribution in [0.5, 0.6) is 0 Å². The van der Waals surface area contributed by atoms with E-state index in [-0.39, 0.29) is 0 Å². The van der Waals surface area contributed by atoms with Crippen molar-refractivity contribution in [2.75, 3.05) is 5.75 Å². The lowest BCUT2D eigenvalue weighted by Gasteiger charge is -1.92. The van der Waals surface area contributed by atoms with Crippen molar-refractivity contribution < 1.29 is 8.78 Å². The van der Waals surface area contributed by atoms with Crippen molar-refractivity contribution in [1.82, 2.24) is 19.3 Å². The normalized spacial score (nSPS) is 10.3. The molecule has 0 amide bonds.